The molecular weight excluding hydrogens is 1230 g/mol. The van der Waals surface area contributed by atoms with Crippen LogP contribution in [0.4, 0.5) is 0 Å². The van der Waals surface area contributed by atoms with Crippen LogP contribution in [0.1, 0.15) is 400 Å². The Morgan fingerprint density at radius 3 is 0.628 bits per heavy atom. The second-order valence-corrected chi connectivity index (χ2v) is 29.9. The van der Waals surface area contributed by atoms with E-state index in [1.165, 1.54) is 231 Å². The minimum Gasteiger partial charge on any atom is -0.462 e. The van der Waals surface area contributed by atoms with Gasteiger partial charge in [-0.15, -0.1) is 0 Å². The van der Waals surface area contributed by atoms with Gasteiger partial charge in [-0.2, -0.15) is 0 Å². The Kier molecular flexibility index (Phi) is 68.1. The van der Waals surface area contributed by atoms with E-state index in [4.69, 9.17) is 37.0 Å². The molecule has 0 fully saturated rings. The number of esters is 4. The number of unbranched alkanes of at least 4 members (excludes halogenated alkanes) is 50. The third-order valence-electron chi connectivity index (χ3n) is 17.6. The molecule has 19 heteroatoms. The Morgan fingerprint density at radius 1 is 0.255 bits per heavy atom. The Labute approximate surface area is 575 Å². The second kappa shape index (κ2) is 69.5. The van der Waals surface area contributed by atoms with E-state index in [1.54, 1.807) is 0 Å². The smallest absolute Gasteiger partial charge is 0.462 e. The van der Waals surface area contributed by atoms with Crippen LogP contribution in [0, 0.1) is 0 Å². The largest absolute Gasteiger partial charge is 0.472 e. The van der Waals surface area contributed by atoms with Crippen molar-refractivity contribution >= 4 is 39.5 Å². The van der Waals surface area contributed by atoms with Crippen LogP contribution in [0.5, 0.6) is 0 Å². The van der Waals surface area contributed by atoms with Gasteiger partial charge in [0, 0.05) is 25.7 Å². The maximum Gasteiger partial charge on any atom is 0.472 e. The number of phosphoric ester groups is 2. The number of ether oxygens (including phenoxy) is 4. The van der Waals surface area contributed by atoms with Gasteiger partial charge >= 0.3 is 39.5 Å². The zero-order valence-electron chi connectivity index (χ0n) is 60.9. The molecule has 2 unspecified atom stereocenters. The molecule has 0 bridgehead atoms. The highest BCUT2D eigenvalue weighted by Crippen LogP contribution is 2.45. The predicted molar refractivity (Wildman–Crippen MR) is 382 cm³/mol. The fourth-order valence-corrected chi connectivity index (χ4v) is 13.2. The first kappa shape index (κ1) is 92.1. The number of carbonyl (C=O) groups is 4. The summed E-state index contributed by atoms with van der Waals surface area (Å²) >= 11 is 0. The topological polar surface area (TPSA) is 237 Å². The molecule has 0 rings (SSSR count). The number of phosphoric acid groups is 2. The normalized spacial score (nSPS) is 13.9. The summed E-state index contributed by atoms with van der Waals surface area (Å²) in [4.78, 5) is 72.7. The number of aliphatic hydroxyl groups is 1. The summed E-state index contributed by atoms with van der Waals surface area (Å²) in [6, 6.07) is 0. The lowest BCUT2D eigenvalue weighted by Gasteiger charge is -2.21. The van der Waals surface area contributed by atoms with Crippen LogP contribution in [-0.2, 0) is 65.4 Å². The maximum absolute atomic E-state index is 13.1. The maximum atomic E-state index is 13.1. The van der Waals surface area contributed by atoms with Crippen LogP contribution in [0.2, 0.25) is 0 Å². The molecule has 0 aliphatic heterocycles. The van der Waals surface area contributed by atoms with Gasteiger partial charge in [-0.1, -0.05) is 349 Å². The first-order valence-corrected chi connectivity index (χ1v) is 42.3. The molecule has 0 aliphatic carbocycles. The molecule has 0 heterocycles. The quantitative estimate of drug-likeness (QED) is 0.0222. The number of aliphatic hydroxyl groups excluding tert-OH is 1. The third-order valence-corrected chi connectivity index (χ3v) is 19.5. The van der Waals surface area contributed by atoms with Gasteiger partial charge in [0.25, 0.3) is 0 Å². The van der Waals surface area contributed by atoms with E-state index in [1.807, 2.05) is 0 Å². The molecule has 0 saturated heterocycles. The number of rotatable bonds is 76. The van der Waals surface area contributed by atoms with E-state index in [-0.39, 0.29) is 25.7 Å². The summed E-state index contributed by atoms with van der Waals surface area (Å²) in [6.07, 6.45) is 59.6. The van der Waals surface area contributed by atoms with Gasteiger partial charge < -0.3 is 33.8 Å². The first-order valence-electron chi connectivity index (χ1n) is 39.3. The minimum atomic E-state index is -4.95. The lowest BCUT2D eigenvalue weighted by atomic mass is 10.0. The van der Waals surface area contributed by atoms with Crippen molar-refractivity contribution in [2.45, 2.75) is 418 Å². The van der Waals surface area contributed by atoms with E-state index in [0.29, 0.717) is 25.7 Å². The highest BCUT2D eigenvalue weighted by molar-refractivity contribution is 7.47. The van der Waals surface area contributed by atoms with Gasteiger partial charge in [-0.05, 0) is 25.7 Å². The average Bonchev–Trinajstić information content (AvgIpc) is 2.59. The van der Waals surface area contributed by atoms with Crippen molar-refractivity contribution in [2.24, 2.45) is 0 Å². The van der Waals surface area contributed by atoms with Crippen LogP contribution in [0.25, 0.3) is 0 Å². The zero-order valence-corrected chi connectivity index (χ0v) is 62.7. The highest BCUT2D eigenvalue weighted by atomic mass is 31.2. The summed E-state index contributed by atoms with van der Waals surface area (Å²) in [5, 5.41) is 10.6. The highest BCUT2D eigenvalue weighted by Gasteiger charge is 2.30. The fourth-order valence-electron chi connectivity index (χ4n) is 11.6. The molecule has 94 heavy (non-hydrogen) atoms. The van der Waals surface area contributed by atoms with Gasteiger partial charge in [0.1, 0.15) is 19.3 Å². The molecule has 0 aromatic carbocycles. The third kappa shape index (κ3) is 68.6. The molecular formula is C75H146O17P2. The van der Waals surface area contributed by atoms with Crippen LogP contribution in [0.15, 0.2) is 0 Å². The van der Waals surface area contributed by atoms with E-state index in [2.05, 4.69) is 27.7 Å². The van der Waals surface area contributed by atoms with E-state index < -0.39 is 97.5 Å². The molecule has 3 N–H and O–H groups in total. The summed E-state index contributed by atoms with van der Waals surface area (Å²) in [6.45, 7) is 4.97. The van der Waals surface area contributed by atoms with Crippen molar-refractivity contribution < 1.29 is 80.2 Å². The Balaban J connectivity index is 5.21. The van der Waals surface area contributed by atoms with Crippen LogP contribution >= 0.6 is 15.6 Å². The van der Waals surface area contributed by atoms with E-state index in [9.17, 15) is 43.2 Å². The van der Waals surface area contributed by atoms with Crippen molar-refractivity contribution in [3.05, 3.63) is 0 Å². The van der Waals surface area contributed by atoms with Crippen molar-refractivity contribution in [1.82, 2.24) is 0 Å². The van der Waals surface area contributed by atoms with Gasteiger partial charge in [0.15, 0.2) is 12.2 Å². The monoisotopic (exact) mass is 1380 g/mol. The lowest BCUT2D eigenvalue weighted by molar-refractivity contribution is -0.161. The number of hydrogen-bond acceptors (Lipinski definition) is 15. The summed E-state index contributed by atoms with van der Waals surface area (Å²) in [5.74, 6) is -2.11. The van der Waals surface area contributed by atoms with Gasteiger partial charge in [-0.25, -0.2) is 9.13 Å². The van der Waals surface area contributed by atoms with Crippen molar-refractivity contribution in [3.63, 3.8) is 0 Å². The fraction of sp³-hybridized carbons (Fsp3) is 0.947. The molecule has 0 aromatic rings. The lowest BCUT2D eigenvalue weighted by Crippen LogP contribution is -2.30. The summed E-state index contributed by atoms with van der Waals surface area (Å²) < 4.78 is 68.4. The van der Waals surface area contributed by atoms with Gasteiger partial charge in [0.2, 0.25) is 0 Å². The molecule has 0 radical (unpaired) electrons. The van der Waals surface area contributed by atoms with Crippen molar-refractivity contribution in [3.8, 4) is 0 Å². The molecule has 0 spiro atoms. The van der Waals surface area contributed by atoms with Crippen LogP contribution in [0.3, 0.4) is 0 Å². The molecule has 0 amide bonds. The van der Waals surface area contributed by atoms with E-state index in [0.717, 1.165) is 89.9 Å². The zero-order chi connectivity index (χ0) is 69.0. The standard InChI is InChI=1S/C75H146O17P2/c1-5-9-13-17-21-25-28-30-32-34-36-38-41-44-48-52-56-60-73(78)86-66-71(92-75(80)62-58-54-50-46-42-39-37-35-33-31-29-26-22-18-14-10-6-2)68-90-94(83,84)88-64-69(76)63-87-93(81,82)89-67-70(65-85-72(77)59-55-51-47-43-24-20-16-12-8-4)91-74(79)61-57-53-49-45-40-27-23-19-15-11-7-3/h69-71,76H,5-68H2,1-4H3,(H,81,82)(H,83,84)/t69-,70+,71+/m0/s1. The van der Waals surface area contributed by atoms with Crippen molar-refractivity contribution in [1.29, 1.82) is 0 Å². The van der Waals surface area contributed by atoms with Gasteiger partial charge in [-0.3, -0.25) is 37.3 Å². The molecule has 0 aliphatic rings. The average molecular weight is 1380 g/mol. The second-order valence-electron chi connectivity index (χ2n) is 27.0. The van der Waals surface area contributed by atoms with Crippen LogP contribution in [-0.4, -0.2) is 96.7 Å². The molecule has 558 valence electrons. The SMILES string of the molecule is CCCCCCCCCCCCCCCCCCCC(=O)OC[C@H](COP(=O)(O)OC[C@@H](O)COP(=O)(O)OC[C@@H](COC(=O)CCCCCCCCCCC)OC(=O)CCCCCCCCCCCCC)OC(=O)CCCCCCCCCCCCCCCCCCC. The Bertz CT molecular complexity index is 1790. The molecule has 5 atom stereocenters. The number of carbonyl (C=O) groups excluding carboxylic acids is 4. The minimum absolute atomic E-state index is 0.107. The Morgan fingerprint density at radius 2 is 0.426 bits per heavy atom. The van der Waals surface area contributed by atoms with Gasteiger partial charge in [0.05, 0.1) is 26.4 Å². The summed E-state index contributed by atoms with van der Waals surface area (Å²) in [5.41, 5.74) is 0. The molecule has 17 nitrogen and oxygen atoms in total. The Hall–Kier alpha value is -1.94. The van der Waals surface area contributed by atoms with E-state index >= 15 is 0 Å². The molecule has 0 aromatic heterocycles. The summed E-state index contributed by atoms with van der Waals surface area (Å²) in [7, 11) is -9.90. The van der Waals surface area contributed by atoms with Crippen LogP contribution < -0.4 is 0 Å². The first-order chi connectivity index (χ1) is 45.7. The molecule has 0 saturated carbocycles. The van der Waals surface area contributed by atoms with Crippen molar-refractivity contribution in [2.75, 3.05) is 39.6 Å². The predicted octanol–water partition coefficient (Wildman–Crippen LogP) is 22.2. The number of hydrogen-bond donors (Lipinski definition) is 3.